The van der Waals surface area contributed by atoms with Gasteiger partial charge in [0.2, 0.25) is 0 Å². The Labute approximate surface area is 176 Å². The van der Waals surface area contributed by atoms with Crippen molar-refractivity contribution in [1.82, 2.24) is 15.1 Å². The van der Waals surface area contributed by atoms with Gasteiger partial charge in [-0.05, 0) is 6.92 Å². The molecule has 172 valence electrons. The van der Waals surface area contributed by atoms with Gasteiger partial charge in [-0.25, -0.2) is 14.5 Å². The number of hydrogen-bond acceptors (Lipinski definition) is 8. The molecule has 0 saturated carbocycles. The monoisotopic (exact) mass is 431 g/mol. The predicted octanol–water partition coefficient (Wildman–Crippen LogP) is -0.314. The molecule has 3 atom stereocenters. The Bertz CT molecular complexity index is 540. The lowest BCUT2D eigenvalue weighted by Gasteiger charge is -2.28. The molecule has 0 spiro atoms. The summed E-state index contributed by atoms with van der Waals surface area (Å²) in [6, 6.07) is -0.844. The summed E-state index contributed by atoms with van der Waals surface area (Å²) in [4.78, 5) is 28.4. The van der Waals surface area contributed by atoms with Crippen LogP contribution in [0.25, 0.3) is 0 Å². The second-order valence-corrected chi connectivity index (χ2v) is 7.34. The average molecular weight is 431 g/mol. The molecule has 1 N–H and O–H groups in total. The standard InChI is InChI=1S/C19H33N3O8/c1-2-21(4-7-26-10-16-13-29-16)19(24)22(5-8-27-11-17-14-30-17)18(23)20-3-6-25-9-15-12-28-15/h15-17H,2-14H2,1H3,(H,20,23). The first-order valence-electron chi connectivity index (χ1n) is 10.6. The number of urea groups is 2. The number of likely N-dealkylation sites (N-methyl/N-ethyl adjacent to an activating group) is 1. The fraction of sp³-hybridized carbons (Fsp3) is 0.895. The van der Waals surface area contributed by atoms with Crippen molar-refractivity contribution >= 4 is 12.1 Å². The van der Waals surface area contributed by atoms with Gasteiger partial charge in [-0.2, -0.15) is 0 Å². The molecule has 0 bridgehead atoms. The van der Waals surface area contributed by atoms with E-state index in [-0.39, 0.29) is 37.5 Å². The van der Waals surface area contributed by atoms with Gasteiger partial charge in [0.1, 0.15) is 18.3 Å². The molecule has 11 heteroatoms. The number of ether oxygens (including phenoxy) is 6. The largest absolute Gasteiger partial charge is 0.377 e. The van der Waals surface area contributed by atoms with Crippen LogP contribution < -0.4 is 5.32 Å². The second kappa shape index (κ2) is 12.4. The van der Waals surface area contributed by atoms with Gasteiger partial charge in [0.05, 0.1) is 66.0 Å². The van der Waals surface area contributed by atoms with Gasteiger partial charge in [-0.1, -0.05) is 0 Å². The predicted molar refractivity (Wildman–Crippen MR) is 104 cm³/mol. The zero-order chi connectivity index (χ0) is 21.2. The zero-order valence-electron chi connectivity index (χ0n) is 17.6. The Morgan fingerprint density at radius 2 is 1.37 bits per heavy atom. The minimum Gasteiger partial charge on any atom is -0.377 e. The number of epoxide rings is 3. The highest BCUT2D eigenvalue weighted by Crippen LogP contribution is 2.10. The molecule has 0 aromatic heterocycles. The number of carbonyl (C=O) groups is 2. The van der Waals surface area contributed by atoms with Crippen LogP contribution in [0.2, 0.25) is 0 Å². The van der Waals surface area contributed by atoms with Crippen LogP contribution >= 0.6 is 0 Å². The topological polar surface area (TPSA) is 118 Å². The molecule has 3 saturated heterocycles. The molecule has 4 amide bonds. The third kappa shape index (κ3) is 9.11. The maximum atomic E-state index is 13.0. The highest BCUT2D eigenvalue weighted by Gasteiger charge is 2.28. The molecule has 30 heavy (non-hydrogen) atoms. The quantitative estimate of drug-likeness (QED) is 0.261. The summed E-state index contributed by atoms with van der Waals surface area (Å²) in [6.07, 6.45) is 0.493. The maximum absolute atomic E-state index is 13.0. The van der Waals surface area contributed by atoms with Crippen LogP contribution in [0.1, 0.15) is 6.92 Å². The SMILES string of the molecule is CCN(CCOCC1CO1)C(=O)N(CCOCC1CO1)C(=O)NCCOCC1CO1. The van der Waals surface area contributed by atoms with Crippen molar-refractivity contribution in [3.63, 3.8) is 0 Å². The summed E-state index contributed by atoms with van der Waals surface area (Å²) in [5.74, 6) is 0. The first-order valence-corrected chi connectivity index (χ1v) is 10.6. The minimum absolute atomic E-state index is 0.135. The number of nitrogens with one attached hydrogen (secondary N) is 1. The second-order valence-electron chi connectivity index (χ2n) is 7.34. The van der Waals surface area contributed by atoms with Crippen molar-refractivity contribution in [2.45, 2.75) is 25.2 Å². The van der Waals surface area contributed by atoms with Gasteiger partial charge in [0.15, 0.2) is 0 Å². The Kier molecular flexibility index (Phi) is 9.56. The molecule has 0 aromatic rings. The Hall–Kier alpha value is -1.50. The third-order valence-electron chi connectivity index (χ3n) is 4.73. The van der Waals surface area contributed by atoms with Crippen LogP contribution in [0, 0.1) is 0 Å². The summed E-state index contributed by atoms with van der Waals surface area (Å²) in [5.41, 5.74) is 0. The molecule has 3 aliphatic rings. The number of rotatable bonds is 16. The fourth-order valence-corrected chi connectivity index (χ4v) is 2.64. The minimum atomic E-state index is -0.469. The lowest BCUT2D eigenvalue weighted by Crippen LogP contribution is -2.52. The van der Waals surface area contributed by atoms with E-state index in [0.29, 0.717) is 59.3 Å². The van der Waals surface area contributed by atoms with E-state index in [1.807, 2.05) is 6.92 Å². The van der Waals surface area contributed by atoms with Gasteiger partial charge >= 0.3 is 12.1 Å². The van der Waals surface area contributed by atoms with E-state index in [1.54, 1.807) is 4.90 Å². The van der Waals surface area contributed by atoms with Crippen LogP contribution in [-0.2, 0) is 28.4 Å². The smallest absolute Gasteiger partial charge is 0.328 e. The number of carbonyl (C=O) groups excluding carboxylic acids is 2. The van der Waals surface area contributed by atoms with Crippen molar-refractivity contribution < 1.29 is 38.0 Å². The van der Waals surface area contributed by atoms with Gasteiger partial charge in [0.25, 0.3) is 0 Å². The van der Waals surface area contributed by atoms with Crippen molar-refractivity contribution in [3.8, 4) is 0 Å². The number of nitrogens with zero attached hydrogens (tertiary/aromatic N) is 2. The number of amides is 4. The molecule has 3 fully saturated rings. The molecule has 0 aliphatic carbocycles. The van der Waals surface area contributed by atoms with Crippen LogP contribution in [0.15, 0.2) is 0 Å². The molecule has 11 nitrogen and oxygen atoms in total. The van der Waals surface area contributed by atoms with Crippen LogP contribution in [0.4, 0.5) is 9.59 Å². The van der Waals surface area contributed by atoms with Gasteiger partial charge in [0, 0.05) is 19.6 Å². The summed E-state index contributed by atoms with van der Waals surface area (Å²) >= 11 is 0. The van der Waals surface area contributed by atoms with Crippen molar-refractivity contribution in [1.29, 1.82) is 0 Å². The van der Waals surface area contributed by atoms with Crippen molar-refractivity contribution in [2.75, 3.05) is 85.6 Å². The van der Waals surface area contributed by atoms with E-state index in [2.05, 4.69) is 5.32 Å². The van der Waals surface area contributed by atoms with E-state index in [1.165, 1.54) is 4.90 Å². The molecule has 3 aliphatic heterocycles. The van der Waals surface area contributed by atoms with Gasteiger partial charge in [-0.15, -0.1) is 0 Å². The molecular weight excluding hydrogens is 398 g/mol. The van der Waals surface area contributed by atoms with Gasteiger partial charge in [-0.3, -0.25) is 0 Å². The van der Waals surface area contributed by atoms with E-state index in [4.69, 9.17) is 28.4 Å². The molecular formula is C19H33N3O8. The Morgan fingerprint density at radius 1 is 0.867 bits per heavy atom. The zero-order valence-corrected chi connectivity index (χ0v) is 17.6. The van der Waals surface area contributed by atoms with Crippen LogP contribution in [0.5, 0.6) is 0 Å². The van der Waals surface area contributed by atoms with Gasteiger partial charge < -0.3 is 38.6 Å². The van der Waals surface area contributed by atoms with E-state index in [9.17, 15) is 9.59 Å². The van der Waals surface area contributed by atoms with Crippen LogP contribution in [-0.4, -0.2) is 126 Å². The van der Waals surface area contributed by atoms with Crippen LogP contribution in [0.3, 0.4) is 0 Å². The Balaban J connectivity index is 1.40. The fourth-order valence-electron chi connectivity index (χ4n) is 2.64. The molecule has 0 aromatic carbocycles. The average Bonchev–Trinajstić information content (AvgIpc) is 3.59. The summed E-state index contributed by atoms with van der Waals surface area (Å²) in [5, 5.41) is 2.73. The lowest BCUT2D eigenvalue weighted by atomic mass is 10.4. The summed E-state index contributed by atoms with van der Waals surface area (Å²) in [6.45, 7) is 7.86. The van der Waals surface area contributed by atoms with E-state index >= 15 is 0 Å². The first-order chi connectivity index (χ1) is 14.7. The Morgan fingerprint density at radius 3 is 1.87 bits per heavy atom. The van der Waals surface area contributed by atoms with Crippen molar-refractivity contribution in [2.24, 2.45) is 0 Å². The highest BCUT2D eigenvalue weighted by molar-refractivity contribution is 5.93. The number of imide groups is 1. The molecule has 3 rings (SSSR count). The van der Waals surface area contributed by atoms with E-state index < -0.39 is 6.03 Å². The normalized spacial score (nSPS) is 23.7. The third-order valence-corrected chi connectivity index (χ3v) is 4.73. The maximum Gasteiger partial charge on any atom is 0.328 e. The molecule has 3 heterocycles. The number of hydrogen-bond donors (Lipinski definition) is 1. The van der Waals surface area contributed by atoms with E-state index in [0.717, 1.165) is 13.2 Å². The highest BCUT2D eigenvalue weighted by atomic mass is 16.6. The lowest BCUT2D eigenvalue weighted by molar-refractivity contribution is 0.0805. The molecule has 0 radical (unpaired) electrons. The summed E-state index contributed by atoms with van der Waals surface area (Å²) in [7, 11) is 0. The van der Waals surface area contributed by atoms with Crippen molar-refractivity contribution in [3.05, 3.63) is 0 Å². The summed E-state index contributed by atoms with van der Waals surface area (Å²) < 4.78 is 31.7. The molecule has 3 unspecified atom stereocenters. The first kappa shape index (κ1) is 23.2.